The average Bonchev–Trinajstić information content (AvgIpc) is 2.38. The Morgan fingerprint density at radius 3 is 2.68 bits per heavy atom. The first-order chi connectivity index (χ1) is 9.11. The highest BCUT2D eigenvalue weighted by Gasteiger charge is 2.25. The van der Waals surface area contributed by atoms with Crippen LogP contribution in [-0.4, -0.2) is 22.0 Å². The van der Waals surface area contributed by atoms with Crippen LogP contribution in [0.2, 0.25) is 5.02 Å². The fourth-order valence-electron chi connectivity index (χ4n) is 1.37. The summed E-state index contributed by atoms with van der Waals surface area (Å²) >= 11 is 5.80. The van der Waals surface area contributed by atoms with Gasteiger partial charge in [0.15, 0.2) is 0 Å². The van der Waals surface area contributed by atoms with Crippen LogP contribution in [0.4, 0.5) is 5.69 Å². The minimum absolute atomic E-state index is 0.169. The van der Waals surface area contributed by atoms with E-state index in [4.69, 9.17) is 21.1 Å². The summed E-state index contributed by atoms with van der Waals surface area (Å²) in [7, 11) is 1.28. The lowest BCUT2D eigenvalue weighted by atomic mass is 10.3. The molecule has 0 saturated carbocycles. The zero-order chi connectivity index (χ0) is 13.8. The molecule has 1 heterocycles. The largest absolute Gasteiger partial charge is 0.476 e. The van der Waals surface area contributed by atoms with Crippen molar-refractivity contribution in [2.24, 2.45) is 0 Å². The summed E-state index contributed by atoms with van der Waals surface area (Å²) < 4.78 is 10.1. The topological polar surface area (TPSA) is 87.4 Å². The molecule has 19 heavy (non-hydrogen) atoms. The highest BCUT2D eigenvalue weighted by molar-refractivity contribution is 6.30. The first-order valence-corrected chi connectivity index (χ1v) is 5.46. The molecule has 0 aliphatic rings. The van der Waals surface area contributed by atoms with Gasteiger partial charge in [0.1, 0.15) is 12.1 Å². The fraction of sp³-hybridized carbons (Fsp3) is 0.0909. The summed E-state index contributed by atoms with van der Waals surface area (Å²) in [5.41, 5.74) is -0.440. The van der Waals surface area contributed by atoms with Crippen LogP contribution < -0.4 is 9.47 Å². The van der Waals surface area contributed by atoms with Gasteiger partial charge in [0.05, 0.1) is 12.0 Å². The summed E-state index contributed by atoms with van der Waals surface area (Å²) in [6, 6.07) is 6.43. The highest BCUT2D eigenvalue weighted by atomic mass is 35.5. The zero-order valence-corrected chi connectivity index (χ0v) is 10.5. The maximum Gasteiger partial charge on any atom is 0.392 e. The van der Waals surface area contributed by atoms with Gasteiger partial charge in [-0.05, 0) is 18.2 Å². The molecule has 2 aromatic rings. The number of nitrogens with zero attached hydrogens (tertiary/aromatic N) is 3. The van der Waals surface area contributed by atoms with Crippen molar-refractivity contribution in [2.75, 3.05) is 7.11 Å². The van der Waals surface area contributed by atoms with Gasteiger partial charge in [0.25, 0.3) is 0 Å². The lowest BCUT2D eigenvalue weighted by Crippen LogP contribution is -2.01. The second kappa shape index (κ2) is 5.49. The predicted octanol–water partition coefficient (Wildman–Crippen LogP) is 2.84. The Hall–Kier alpha value is -2.41. The first kappa shape index (κ1) is 13.0. The normalized spacial score (nSPS) is 10.0. The molecule has 0 amide bonds. The van der Waals surface area contributed by atoms with Crippen LogP contribution in [-0.2, 0) is 0 Å². The van der Waals surface area contributed by atoms with E-state index in [1.165, 1.54) is 13.2 Å². The van der Waals surface area contributed by atoms with E-state index in [1.54, 1.807) is 18.2 Å². The lowest BCUT2D eigenvalue weighted by molar-refractivity contribution is -0.387. The molecule has 0 fully saturated rings. The van der Waals surface area contributed by atoms with Crippen LogP contribution in [0, 0.1) is 10.1 Å². The summed E-state index contributed by atoms with van der Waals surface area (Å²) in [6.07, 6.45) is 1.12. The number of aromatic nitrogens is 2. The minimum atomic E-state index is -0.668. The lowest BCUT2D eigenvalue weighted by Gasteiger charge is -2.06. The molecule has 0 N–H and O–H groups in total. The van der Waals surface area contributed by atoms with Gasteiger partial charge in [-0.25, -0.2) is 0 Å². The number of methoxy groups -OCH3 is 1. The van der Waals surface area contributed by atoms with Crippen LogP contribution in [0.1, 0.15) is 0 Å². The monoisotopic (exact) mass is 281 g/mol. The molecule has 0 aliphatic heterocycles. The van der Waals surface area contributed by atoms with Gasteiger partial charge in [-0.2, -0.15) is 9.97 Å². The van der Waals surface area contributed by atoms with Crippen LogP contribution in [0.25, 0.3) is 0 Å². The number of benzene rings is 1. The Bertz CT molecular complexity index is 621. The smallest absolute Gasteiger partial charge is 0.392 e. The van der Waals surface area contributed by atoms with Crippen molar-refractivity contribution < 1.29 is 14.4 Å². The van der Waals surface area contributed by atoms with Crippen molar-refractivity contribution in [2.45, 2.75) is 0 Å². The van der Waals surface area contributed by atoms with E-state index in [0.717, 1.165) is 6.33 Å². The minimum Gasteiger partial charge on any atom is -0.476 e. The molecule has 0 unspecified atom stereocenters. The zero-order valence-electron chi connectivity index (χ0n) is 9.74. The van der Waals surface area contributed by atoms with E-state index in [1.807, 2.05) is 0 Å². The van der Waals surface area contributed by atoms with Gasteiger partial charge in [0, 0.05) is 5.02 Å². The Morgan fingerprint density at radius 1 is 1.32 bits per heavy atom. The average molecular weight is 282 g/mol. The number of ether oxygens (including phenoxy) is 2. The van der Waals surface area contributed by atoms with Crippen LogP contribution >= 0.6 is 11.6 Å². The summed E-state index contributed by atoms with van der Waals surface area (Å²) in [6.45, 7) is 0. The van der Waals surface area contributed by atoms with Crippen molar-refractivity contribution in [3.05, 3.63) is 45.7 Å². The summed E-state index contributed by atoms with van der Waals surface area (Å²) in [5.74, 6) is -0.0486. The van der Waals surface area contributed by atoms with Crippen molar-refractivity contribution in [3.63, 3.8) is 0 Å². The number of hydrogen-bond acceptors (Lipinski definition) is 6. The molecule has 0 bridgehead atoms. The van der Waals surface area contributed by atoms with E-state index in [2.05, 4.69) is 9.97 Å². The molecule has 0 saturated heterocycles. The van der Waals surface area contributed by atoms with Crippen molar-refractivity contribution in [1.29, 1.82) is 0 Å². The molecule has 1 aromatic carbocycles. The fourth-order valence-corrected chi connectivity index (χ4v) is 1.55. The Labute approximate surface area is 112 Å². The molecule has 7 nitrogen and oxygen atoms in total. The summed E-state index contributed by atoms with van der Waals surface area (Å²) in [5, 5.41) is 11.4. The van der Waals surface area contributed by atoms with Crippen LogP contribution in [0.3, 0.4) is 0 Å². The van der Waals surface area contributed by atoms with Gasteiger partial charge in [-0.1, -0.05) is 17.7 Å². The Balaban J connectivity index is 2.42. The van der Waals surface area contributed by atoms with Gasteiger partial charge in [-0.15, -0.1) is 0 Å². The molecule has 2 rings (SSSR count). The number of halogens is 1. The molecule has 98 valence electrons. The molecule has 0 radical (unpaired) electrons. The number of hydrogen-bond donors (Lipinski definition) is 0. The Morgan fingerprint density at radius 2 is 2.05 bits per heavy atom. The summed E-state index contributed by atoms with van der Waals surface area (Å²) in [4.78, 5) is 17.7. The molecule has 0 spiro atoms. The van der Waals surface area contributed by atoms with E-state index in [9.17, 15) is 10.1 Å². The van der Waals surface area contributed by atoms with Crippen molar-refractivity contribution in [3.8, 4) is 17.5 Å². The number of rotatable bonds is 4. The maximum absolute atomic E-state index is 11.0. The van der Waals surface area contributed by atoms with Crippen molar-refractivity contribution in [1.82, 2.24) is 9.97 Å². The van der Waals surface area contributed by atoms with E-state index in [-0.39, 0.29) is 11.8 Å². The van der Waals surface area contributed by atoms with Gasteiger partial charge in [0.2, 0.25) is 0 Å². The standard InChI is InChI=1S/C11H8ClN3O4/c1-18-10-9(15(16)17)11(14-6-13-10)19-8-4-2-3-7(12)5-8/h2-6H,1H3. The van der Waals surface area contributed by atoms with E-state index >= 15 is 0 Å². The predicted molar refractivity (Wildman–Crippen MR) is 66.8 cm³/mol. The van der Waals surface area contributed by atoms with E-state index in [0.29, 0.717) is 10.8 Å². The maximum atomic E-state index is 11.0. The molecule has 0 atom stereocenters. The van der Waals surface area contributed by atoms with Gasteiger partial charge < -0.3 is 9.47 Å². The van der Waals surface area contributed by atoms with E-state index < -0.39 is 10.6 Å². The Kier molecular flexibility index (Phi) is 3.76. The second-order valence-electron chi connectivity index (χ2n) is 3.35. The quantitative estimate of drug-likeness (QED) is 0.632. The molecular weight excluding hydrogens is 274 g/mol. The molecule has 1 aromatic heterocycles. The second-order valence-corrected chi connectivity index (χ2v) is 3.79. The third-order valence-electron chi connectivity index (χ3n) is 2.14. The molecule has 8 heteroatoms. The molecule has 0 aliphatic carbocycles. The van der Waals surface area contributed by atoms with Gasteiger partial charge >= 0.3 is 17.4 Å². The van der Waals surface area contributed by atoms with Crippen LogP contribution in [0.15, 0.2) is 30.6 Å². The number of nitro groups is 1. The van der Waals surface area contributed by atoms with Gasteiger partial charge in [-0.3, -0.25) is 10.1 Å². The molecular formula is C11H8ClN3O4. The third kappa shape index (κ3) is 2.89. The highest BCUT2D eigenvalue weighted by Crippen LogP contribution is 2.35. The SMILES string of the molecule is COc1ncnc(Oc2cccc(Cl)c2)c1[N+](=O)[O-]. The van der Waals surface area contributed by atoms with Crippen LogP contribution in [0.5, 0.6) is 17.5 Å². The first-order valence-electron chi connectivity index (χ1n) is 5.08. The third-order valence-corrected chi connectivity index (χ3v) is 2.38. The van der Waals surface area contributed by atoms with Crippen molar-refractivity contribution >= 4 is 17.3 Å².